The molecule has 0 aliphatic heterocycles. The van der Waals surface area contributed by atoms with Crippen LogP contribution in [0.4, 0.5) is 0 Å². The van der Waals surface area contributed by atoms with Crippen LogP contribution in [-0.2, 0) is 16.0 Å². The van der Waals surface area contributed by atoms with E-state index in [1.165, 1.54) is 0 Å². The summed E-state index contributed by atoms with van der Waals surface area (Å²) in [6.07, 6.45) is 3.96. The zero-order valence-corrected chi connectivity index (χ0v) is 10.8. The molecule has 3 nitrogen and oxygen atoms in total. The third kappa shape index (κ3) is 5.36. The predicted octanol–water partition coefficient (Wildman–Crippen LogP) is 2.43. The molecule has 1 rings (SSSR count). The summed E-state index contributed by atoms with van der Waals surface area (Å²) >= 11 is 0. The molecule has 0 spiro atoms. The molecule has 0 fully saturated rings. The van der Waals surface area contributed by atoms with Crippen molar-refractivity contribution in [1.82, 2.24) is 0 Å². The monoisotopic (exact) mass is 258 g/mol. The lowest BCUT2D eigenvalue weighted by Crippen LogP contribution is -2.25. The smallest absolute Gasteiger partial charge is 0.335 e. The number of rotatable bonds is 7. The minimum absolute atomic E-state index is 0.0835. The molecule has 0 aromatic heterocycles. The van der Waals surface area contributed by atoms with Gasteiger partial charge in [0.2, 0.25) is 0 Å². The van der Waals surface area contributed by atoms with Gasteiger partial charge in [0.15, 0.2) is 6.10 Å². The van der Waals surface area contributed by atoms with Crippen LogP contribution in [0.1, 0.15) is 5.56 Å². The second-order valence-corrected chi connectivity index (χ2v) is 3.99. The molecule has 1 aromatic carbocycles. The van der Waals surface area contributed by atoms with Crippen molar-refractivity contribution in [2.75, 3.05) is 6.61 Å². The van der Waals surface area contributed by atoms with Gasteiger partial charge in [0.05, 0.1) is 0 Å². The summed E-state index contributed by atoms with van der Waals surface area (Å²) in [7, 11) is 0. The van der Waals surface area contributed by atoms with Gasteiger partial charge in [0.1, 0.15) is 6.61 Å². The fourth-order valence-electron chi connectivity index (χ4n) is 1.50. The zero-order chi connectivity index (χ0) is 14.1. The second kappa shape index (κ2) is 8.06. The van der Waals surface area contributed by atoms with E-state index in [1.54, 1.807) is 18.2 Å². The highest BCUT2D eigenvalue weighted by Crippen LogP contribution is 2.05. The minimum atomic E-state index is -1.16. The molecule has 19 heavy (non-hydrogen) atoms. The van der Waals surface area contributed by atoms with Gasteiger partial charge in [-0.2, -0.15) is 0 Å². The molecule has 0 bridgehead atoms. The van der Waals surface area contributed by atoms with Crippen LogP contribution in [-0.4, -0.2) is 23.8 Å². The van der Waals surface area contributed by atoms with Crippen molar-refractivity contribution in [3.8, 4) is 0 Å². The van der Waals surface area contributed by atoms with E-state index in [9.17, 15) is 9.90 Å². The number of hydrogen-bond acceptors (Lipinski definition) is 3. The van der Waals surface area contributed by atoms with Crippen LogP contribution >= 0.6 is 0 Å². The molecule has 1 unspecified atom stereocenters. The first kappa shape index (κ1) is 14.9. The van der Waals surface area contributed by atoms with Crippen LogP contribution in [0, 0.1) is 0 Å². The Balaban J connectivity index is 2.47. The molecular weight excluding hydrogens is 240 g/mol. The van der Waals surface area contributed by atoms with Crippen LogP contribution in [0.5, 0.6) is 0 Å². The van der Waals surface area contributed by atoms with E-state index in [-0.39, 0.29) is 13.0 Å². The van der Waals surface area contributed by atoms with Gasteiger partial charge in [0.25, 0.3) is 0 Å². The number of ether oxygens (including phenoxy) is 1. The largest absolute Gasteiger partial charge is 0.459 e. The number of allylic oxidation sites excluding steroid dienone is 2. The van der Waals surface area contributed by atoms with Gasteiger partial charge in [-0.15, -0.1) is 0 Å². The van der Waals surface area contributed by atoms with Gasteiger partial charge in [-0.25, -0.2) is 4.79 Å². The molecule has 0 saturated carbocycles. The molecule has 1 aromatic rings. The van der Waals surface area contributed by atoms with Gasteiger partial charge in [0, 0.05) is 6.42 Å². The first-order valence-electron chi connectivity index (χ1n) is 6.00. The lowest BCUT2D eigenvalue weighted by molar-refractivity contribution is -0.152. The molecule has 3 heteroatoms. The number of aliphatic hydroxyl groups excluding tert-OH is 1. The van der Waals surface area contributed by atoms with E-state index in [2.05, 4.69) is 13.2 Å². The molecular formula is C16H18O3. The fraction of sp³-hybridized carbons (Fsp3) is 0.188. The summed E-state index contributed by atoms with van der Waals surface area (Å²) in [5, 5.41) is 9.75. The van der Waals surface area contributed by atoms with Crippen LogP contribution in [0.3, 0.4) is 0 Å². The zero-order valence-electron chi connectivity index (χ0n) is 10.8. The number of esters is 1. The average Bonchev–Trinajstić information content (AvgIpc) is 2.44. The maximum absolute atomic E-state index is 11.6. The molecule has 0 heterocycles. The first-order chi connectivity index (χ1) is 9.17. The highest BCUT2D eigenvalue weighted by atomic mass is 16.5. The fourth-order valence-corrected chi connectivity index (χ4v) is 1.50. The van der Waals surface area contributed by atoms with Crippen LogP contribution in [0.2, 0.25) is 0 Å². The quantitative estimate of drug-likeness (QED) is 0.603. The second-order valence-electron chi connectivity index (χ2n) is 3.99. The summed E-state index contributed by atoms with van der Waals surface area (Å²) < 4.78 is 5.01. The Morgan fingerprint density at radius 2 is 2.00 bits per heavy atom. The number of aliphatic hydroxyl groups is 1. The molecule has 1 N–H and O–H groups in total. The van der Waals surface area contributed by atoms with Crippen molar-refractivity contribution >= 4 is 5.97 Å². The summed E-state index contributed by atoms with van der Waals surface area (Å²) in [4.78, 5) is 11.6. The molecule has 0 aliphatic carbocycles. The van der Waals surface area contributed by atoms with Crippen LogP contribution in [0.25, 0.3) is 0 Å². The maximum Gasteiger partial charge on any atom is 0.335 e. The number of carbonyl (C=O) groups is 1. The van der Waals surface area contributed by atoms with Crippen molar-refractivity contribution in [2.45, 2.75) is 12.5 Å². The van der Waals surface area contributed by atoms with Gasteiger partial charge in [-0.1, -0.05) is 61.7 Å². The van der Waals surface area contributed by atoms with Gasteiger partial charge in [-0.3, -0.25) is 0 Å². The summed E-state index contributed by atoms with van der Waals surface area (Å²) in [5.41, 5.74) is 1.62. The third-order valence-corrected chi connectivity index (χ3v) is 2.52. The summed E-state index contributed by atoms with van der Waals surface area (Å²) in [5.74, 6) is -0.638. The Bertz CT molecular complexity index is 460. The number of hydrogen-bond donors (Lipinski definition) is 1. The van der Waals surface area contributed by atoms with Crippen molar-refractivity contribution in [2.24, 2.45) is 0 Å². The average molecular weight is 258 g/mol. The van der Waals surface area contributed by atoms with E-state index in [0.29, 0.717) is 0 Å². The Kier molecular flexibility index (Phi) is 6.33. The molecule has 100 valence electrons. The Morgan fingerprint density at radius 3 is 2.58 bits per heavy atom. The Hall–Kier alpha value is -2.13. The van der Waals surface area contributed by atoms with Gasteiger partial charge < -0.3 is 9.84 Å². The third-order valence-electron chi connectivity index (χ3n) is 2.52. The predicted molar refractivity (Wildman–Crippen MR) is 75.6 cm³/mol. The van der Waals surface area contributed by atoms with Crippen LogP contribution < -0.4 is 0 Å². The number of carbonyl (C=O) groups excluding carboxylic acids is 1. The van der Waals surface area contributed by atoms with E-state index in [4.69, 9.17) is 4.74 Å². The molecule has 1 atom stereocenters. The first-order valence-corrected chi connectivity index (χ1v) is 6.00. The normalized spacial score (nSPS) is 12.6. The van der Waals surface area contributed by atoms with E-state index < -0.39 is 12.1 Å². The molecule has 0 aliphatic rings. The van der Waals surface area contributed by atoms with E-state index in [1.807, 2.05) is 30.3 Å². The van der Waals surface area contributed by atoms with Crippen molar-refractivity contribution in [3.05, 3.63) is 72.9 Å². The SMILES string of the molecule is C=C/C=C(\C=C)COC(=O)C(O)Cc1ccccc1. The molecule has 0 radical (unpaired) electrons. The Morgan fingerprint density at radius 1 is 1.32 bits per heavy atom. The van der Waals surface area contributed by atoms with Gasteiger partial charge in [-0.05, 0) is 11.1 Å². The topological polar surface area (TPSA) is 46.5 Å². The van der Waals surface area contributed by atoms with E-state index in [0.717, 1.165) is 11.1 Å². The highest BCUT2D eigenvalue weighted by molar-refractivity contribution is 5.75. The summed E-state index contributed by atoms with van der Waals surface area (Å²) in [6.45, 7) is 7.24. The molecule has 0 saturated heterocycles. The van der Waals surface area contributed by atoms with Crippen molar-refractivity contribution in [3.63, 3.8) is 0 Å². The van der Waals surface area contributed by atoms with Crippen molar-refractivity contribution in [1.29, 1.82) is 0 Å². The molecule has 0 amide bonds. The standard InChI is InChI=1S/C16H18O3/c1-3-8-13(4-2)12-19-16(18)15(17)11-14-9-6-5-7-10-14/h3-10,15,17H,1-2,11-12H2/b13-8+. The minimum Gasteiger partial charge on any atom is -0.459 e. The van der Waals surface area contributed by atoms with Crippen LogP contribution in [0.15, 0.2) is 67.3 Å². The van der Waals surface area contributed by atoms with Crippen molar-refractivity contribution < 1.29 is 14.6 Å². The number of benzene rings is 1. The lowest BCUT2D eigenvalue weighted by atomic mass is 10.1. The summed E-state index contributed by atoms with van der Waals surface area (Å²) in [6, 6.07) is 9.29. The Labute approximate surface area is 113 Å². The van der Waals surface area contributed by atoms with Gasteiger partial charge >= 0.3 is 5.97 Å². The van der Waals surface area contributed by atoms with E-state index >= 15 is 0 Å². The maximum atomic E-state index is 11.6. The highest BCUT2D eigenvalue weighted by Gasteiger charge is 2.17. The lowest BCUT2D eigenvalue weighted by Gasteiger charge is -2.11.